The fraction of sp³-hybridized carbons (Fsp3) is 1.00. The third-order valence-electron chi connectivity index (χ3n) is 2.30. The summed E-state index contributed by atoms with van der Waals surface area (Å²) in [5.74, 6) is 0.805. The molecule has 0 spiro atoms. The van der Waals surface area contributed by atoms with Gasteiger partial charge < -0.3 is 9.83 Å². The molecule has 1 saturated heterocycles. The van der Waals surface area contributed by atoms with E-state index < -0.39 is 0 Å². The SMILES string of the molecule is CB(O)N1CCC[C@@H](CI)C1. The summed E-state index contributed by atoms with van der Waals surface area (Å²) in [6.45, 7) is 4.01. The molecule has 1 rings (SSSR count). The largest absolute Gasteiger partial charge is 0.437 e. The van der Waals surface area contributed by atoms with Crippen molar-refractivity contribution in [3.63, 3.8) is 0 Å². The van der Waals surface area contributed by atoms with Gasteiger partial charge in [-0.15, -0.1) is 0 Å². The molecule has 0 aromatic carbocycles. The van der Waals surface area contributed by atoms with Gasteiger partial charge in [0.1, 0.15) is 0 Å². The lowest BCUT2D eigenvalue weighted by molar-refractivity contribution is 0.260. The molecule has 1 aliphatic heterocycles. The first-order valence-corrected chi connectivity index (χ1v) is 5.74. The van der Waals surface area contributed by atoms with Gasteiger partial charge in [0, 0.05) is 4.43 Å². The van der Waals surface area contributed by atoms with Gasteiger partial charge in [-0.2, -0.15) is 0 Å². The van der Waals surface area contributed by atoms with Crippen molar-refractivity contribution in [2.75, 3.05) is 17.5 Å². The Labute approximate surface area is 82.6 Å². The summed E-state index contributed by atoms with van der Waals surface area (Å²) in [5.41, 5.74) is 0. The van der Waals surface area contributed by atoms with E-state index in [9.17, 15) is 5.02 Å². The molecule has 11 heavy (non-hydrogen) atoms. The Morgan fingerprint density at radius 3 is 3.00 bits per heavy atom. The van der Waals surface area contributed by atoms with Gasteiger partial charge in [0.2, 0.25) is 0 Å². The first kappa shape index (κ1) is 9.80. The zero-order valence-electron chi connectivity index (χ0n) is 6.96. The summed E-state index contributed by atoms with van der Waals surface area (Å²) in [6, 6.07) is 0. The summed E-state index contributed by atoms with van der Waals surface area (Å²) in [6.07, 6.45) is 2.59. The Morgan fingerprint density at radius 2 is 2.45 bits per heavy atom. The fourth-order valence-electron chi connectivity index (χ4n) is 1.56. The molecule has 0 radical (unpaired) electrons. The maximum atomic E-state index is 9.31. The molecule has 0 aromatic heterocycles. The standard InChI is InChI=1S/C7H15BINO/c1-8(11)10-4-2-3-7(5-9)6-10/h7,11H,2-6H2,1H3/t7-/m0/s1. The van der Waals surface area contributed by atoms with Crippen LogP contribution in [0.15, 0.2) is 0 Å². The molecule has 1 aliphatic rings. The molecular weight excluding hydrogens is 252 g/mol. The lowest BCUT2D eigenvalue weighted by Crippen LogP contribution is -2.44. The van der Waals surface area contributed by atoms with Crippen molar-refractivity contribution in [2.45, 2.75) is 19.7 Å². The molecule has 0 unspecified atom stereocenters. The monoisotopic (exact) mass is 267 g/mol. The second-order valence-electron chi connectivity index (χ2n) is 3.29. The van der Waals surface area contributed by atoms with Crippen molar-refractivity contribution in [3.05, 3.63) is 0 Å². The number of alkyl halides is 1. The van der Waals surface area contributed by atoms with Crippen LogP contribution in [0.4, 0.5) is 0 Å². The third-order valence-corrected chi connectivity index (χ3v) is 3.54. The molecule has 1 atom stereocenters. The molecule has 0 aromatic rings. The van der Waals surface area contributed by atoms with E-state index in [1.807, 2.05) is 6.82 Å². The summed E-state index contributed by atoms with van der Waals surface area (Å²) in [7, 11) is -0.249. The van der Waals surface area contributed by atoms with E-state index in [0.717, 1.165) is 19.0 Å². The number of halogens is 1. The Kier molecular flexibility index (Phi) is 4.16. The van der Waals surface area contributed by atoms with Crippen LogP contribution in [0.3, 0.4) is 0 Å². The minimum atomic E-state index is -0.249. The molecule has 1 N–H and O–H groups in total. The predicted molar refractivity (Wildman–Crippen MR) is 57.0 cm³/mol. The zero-order valence-corrected chi connectivity index (χ0v) is 9.12. The van der Waals surface area contributed by atoms with Gasteiger partial charge in [-0.3, -0.25) is 0 Å². The molecule has 64 valence electrons. The second-order valence-corrected chi connectivity index (χ2v) is 4.17. The molecule has 0 bridgehead atoms. The van der Waals surface area contributed by atoms with Gasteiger partial charge in [0.25, 0.3) is 0 Å². The van der Waals surface area contributed by atoms with Gasteiger partial charge in [0.05, 0.1) is 0 Å². The quantitative estimate of drug-likeness (QED) is 0.462. The molecule has 1 fully saturated rings. The molecule has 0 saturated carbocycles. The second kappa shape index (κ2) is 4.67. The summed E-state index contributed by atoms with van der Waals surface area (Å²) >= 11 is 2.43. The minimum Gasteiger partial charge on any atom is -0.437 e. The van der Waals surface area contributed by atoms with E-state index in [1.54, 1.807) is 0 Å². The van der Waals surface area contributed by atoms with Gasteiger partial charge >= 0.3 is 7.05 Å². The van der Waals surface area contributed by atoms with Crippen LogP contribution in [0.25, 0.3) is 0 Å². The van der Waals surface area contributed by atoms with E-state index >= 15 is 0 Å². The number of hydrogen-bond acceptors (Lipinski definition) is 2. The topological polar surface area (TPSA) is 23.5 Å². The molecule has 1 heterocycles. The highest BCUT2D eigenvalue weighted by atomic mass is 127. The Morgan fingerprint density at radius 1 is 1.73 bits per heavy atom. The summed E-state index contributed by atoms with van der Waals surface area (Å²) in [5, 5.41) is 9.31. The minimum absolute atomic E-state index is 0.249. The number of nitrogens with zero attached hydrogens (tertiary/aromatic N) is 1. The van der Waals surface area contributed by atoms with Gasteiger partial charge in [0.15, 0.2) is 0 Å². The summed E-state index contributed by atoms with van der Waals surface area (Å²) in [4.78, 5) is 2.16. The van der Waals surface area contributed by atoms with Gasteiger partial charge in [-0.25, -0.2) is 0 Å². The first-order valence-electron chi connectivity index (χ1n) is 4.22. The van der Waals surface area contributed by atoms with E-state index in [1.165, 1.54) is 17.3 Å². The van der Waals surface area contributed by atoms with Gasteiger partial charge in [-0.1, -0.05) is 22.6 Å². The van der Waals surface area contributed by atoms with Gasteiger partial charge in [-0.05, 0) is 38.7 Å². The molecular formula is C7H15BINO. The van der Waals surface area contributed by atoms with Crippen molar-refractivity contribution >= 4 is 29.6 Å². The van der Waals surface area contributed by atoms with Crippen molar-refractivity contribution in [1.82, 2.24) is 4.81 Å². The fourth-order valence-corrected chi connectivity index (χ4v) is 2.28. The third kappa shape index (κ3) is 2.91. The Bertz CT molecular complexity index is 123. The van der Waals surface area contributed by atoms with Crippen LogP contribution in [0.5, 0.6) is 0 Å². The Balaban J connectivity index is 2.33. The maximum Gasteiger partial charge on any atom is 0.376 e. The van der Waals surface area contributed by atoms with Crippen LogP contribution in [0, 0.1) is 5.92 Å². The lowest BCUT2D eigenvalue weighted by Gasteiger charge is -2.32. The maximum absolute atomic E-state index is 9.31. The lowest BCUT2D eigenvalue weighted by atomic mass is 9.81. The van der Waals surface area contributed by atoms with Crippen LogP contribution in [-0.2, 0) is 0 Å². The number of hydrogen-bond donors (Lipinski definition) is 1. The average Bonchev–Trinajstić information content (AvgIpc) is 2.05. The van der Waals surface area contributed by atoms with E-state index in [-0.39, 0.29) is 7.05 Å². The van der Waals surface area contributed by atoms with Crippen molar-refractivity contribution in [2.24, 2.45) is 5.92 Å². The van der Waals surface area contributed by atoms with E-state index in [2.05, 4.69) is 27.4 Å². The predicted octanol–water partition coefficient (Wildman–Crippen LogP) is 1.24. The summed E-state index contributed by atoms with van der Waals surface area (Å²) < 4.78 is 1.22. The van der Waals surface area contributed by atoms with E-state index in [0.29, 0.717) is 0 Å². The highest BCUT2D eigenvalue weighted by Crippen LogP contribution is 2.18. The van der Waals surface area contributed by atoms with Crippen LogP contribution in [0.2, 0.25) is 6.82 Å². The zero-order chi connectivity index (χ0) is 8.27. The van der Waals surface area contributed by atoms with Crippen LogP contribution in [0.1, 0.15) is 12.8 Å². The smallest absolute Gasteiger partial charge is 0.376 e. The van der Waals surface area contributed by atoms with E-state index in [4.69, 9.17) is 0 Å². The first-order chi connectivity index (χ1) is 5.24. The number of rotatable bonds is 2. The van der Waals surface area contributed by atoms with Crippen LogP contribution >= 0.6 is 22.6 Å². The molecule has 0 amide bonds. The normalized spacial score (nSPS) is 27.0. The molecule has 4 heteroatoms. The average molecular weight is 267 g/mol. The van der Waals surface area contributed by atoms with Crippen molar-refractivity contribution in [3.8, 4) is 0 Å². The van der Waals surface area contributed by atoms with Crippen molar-refractivity contribution < 1.29 is 5.02 Å². The van der Waals surface area contributed by atoms with Crippen LogP contribution < -0.4 is 0 Å². The Hall–Kier alpha value is 0.715. The molecule has 2 nitrogen and oxygen atoms in total. The van der Waals surface area contributed by atoms with Crippen LogP contribution in [-0.4, -0.2) is 34.4 Å². The number of piperidine rings is 1. The highest BCUT2D eigenvalue weighted by molar-refractivity contribution is 14.1. The molecule has 0 aliphatic carbocycles. The van der Waals surface area contributed by atoms with Crippen molar-refractivity contribution in [1.29, 1.82) is 0 Å². The highest BCUT2D eigenvalue weighted by Gasteiger charge is 2.23.